The summed E-state index contributed by atoms with van der Waals surface area (Å²) >= 11 is 0. The van der Waals surface area contributed by atoms with Crippen molar-refractivity contribution in [2.75, 3.05) is 38.2 Å². The van der Waals surface area contributed by atoms with E-state index in [0.717, 1.165) is 49.9 Å². The van der Waals surface area contributed by atoms with Crippen molar-refractivity contribution in [3.63, 3.8) is 0 Å². The second-order valence-corrected chi connectivity index (χ2v) is 8.14. The molecule has 2 aromatic rings. The van der Waals surface area contributed by atoms with Crippen molar-refractivity contribution in [3.05, 3.63) is 47.3 Å². The Hall–Kier alpha value is -2.67. The van der Waals surface area contributed by atoms with Gasteiger partial charge < -0.3 is 19.9 Å². The first kappa shape index (κ1) is 20.6. The Bertz CT molecular complexity index is 870. The number of likely N-dealkylation sites (tertiary alicyclic amines) is 1. The van der Waals surface area contributed by atoms with E-state index in [1.165, 1.54) is 24.9 Å². The lowest BCUT2D eigenvalue weighted by Gasteiger charge is -2.29. The van der Waals surface area contributed by atoms with Gasteiger partial charge in [0, 0.05) is 51.4 Å². The third-order valence-corrected chi connectivity index (χ3v) is 6.11. The highest BCUT2D eigenvalue weighted by Gasteiger charge is 2.21. The van der Waals surface area contributed by atoms with Gasteiger partial charge in [-0.05, 0) is 50.4 Å². The van der Waals surface area contributed by atoms with E-state index in [2.05, 4.69) is 33.1 Å². The molecule has 30 heavy (non-hydrogen) atoms. The molecule has 4 rings (SSSR count). The third kappa shape index (κ3) is 4.73. The zero-order chi connectivity index (χ0) is 20.9. The Morgan fingerprint density at radius 2 is 2.17 bits per heavy atom. The van der Waals surface area contributed by atoms with Crippen LogP contribution in [0.25, 0.3) is 0 Å². The summed E-state index contributed by atoms with van der Waals surface area (Å²) < 4.78 is 5.92. The molecule has 1 saturated heterocycles. The third-order valence-electron chi connectivity index (χ3n) is 6.11. The van der Waals surface area contributed by atoms with Gasteiger partial charge >= 0.3 is 0 Å². The van der Waals surface area contributed by atoms with Crippen LogP contribution in [0.4, 0.5) is 5.82 Å². The van der Waals surface area contributed by atoms with E-state index in [-0.39, 0.29) is 5.91 Å². The largest absolute Gasteiger partial charge is 0.478 e. The zero-order valence-electron chi connectivity index (χ0n) is 17.9. The minimum Gasteiger partial charge on any atom is -0.478 e. The first-order chi connectivity index (χ1) is 14.6. The standard InChI is InChI=1S/C23H31N5O2/c1-17-5-3-11-27(17)12-4-14-30-22-9-7-19-16-28(13-10-20(19)26-22)21-8-6-18(15-25-21)23(29)24-2/h6-9,15,17H,3-5,10-14,16H2,1-2H3,(H,24,29)/t17-/m1/s1. The van der Waals surface area contributed by atoms with Crippen LogP contribution in [0, 0.1) is 0 Å². The van der Waals surface area contributed by atoms with Gasteiger partial charge in [-0.1, -0.05) is 6.07 Å². The molecule has 160 valence electrons. The van der Waals surface area contributed by atoms with Gasteiger partial charge in [0.2, 0.25) is 5.88 Å². The number of amides is 1. The molecule has 1 N–H and O–H groups in total. The summed E-state index contributed by atoms with van der Waals surface area (Å²) in [6, 6.07) is 8.52. The van der Waals surface area contributed by atoms with Gasteiger partial charge in [0.1, 0.15) is 5.82 Å². The average molecular weight is 410 g/mol. The molecule has 0 aromatic carbocycles. The molecule has 0 spiro atoms. The van der Waals surface area contributed by atoms with E-state index in [1.807, 2.05) is 18.2 Å². The molecule has 0 saturated carbocycles. The van der Waals surface area contributed by atoms with Crippen molar-refractivity contribution in [2.45, 2.75) is 45.2 Å². The number of nitrogens with one attached hydrogen (secondary N) is 1. The fourth-order valence-corrected chi connectivity index (χ4v) is 4.29. The van der Waals surface area contributed by atoms with Gasteiger partial charge in [0.25, 0.3) is 5.91 Å². The molecule has 1 amide bonds. The van der Waals surface area contributed by atoms with Gasteiger partial charge in [0.05, 0.1) is 17.9 Å². The maximum atomic E-state index is 11.7. The lowest BCUT2D eigenvalue weighted by Crippen LogP contribution is -2.31. The van der Waals surface area contributed by atoms with E-state index in [9.17, 15) is 4.79 Å². The molecule has 1 fully saturated rings. The maximum absolute atomic E-state index is 11.7. The van der Waals surface area contributed by atoms with Crippen molar-refractivity contribution in [1.82, 2.24) is 20.2 Å². The van der Waals surface area contributed by atoms with Crippen LogP contribution in [-0.2, 0) is 13.0 Å². The molecular formula is C23H31N5O2. The first-order valence-corrected chi connectivity index (χ1v) is 10.9. The van der Waals surface area contributed by atoms with Gasteiger partial charge in [-0.2, -0.15) is 0 Å². The van der Waals surface area contributed by atoms with Crippen LogP contribution in [0.5, 0.6) is 5.88 Å². The van der Waals surface area contributed by atoms with Crippen molar-refractivity contribution >= 4 is 11.7 Å². The summed E-state index contributed by atoms with van der Waals surface area (Å²) in [7, 11) is 1.62. The first-order valence-electron chi connectivity index (χ1n) is 10.9. The summed E-state index contributed by atoms with van der Waals surface area (Å²) in [5, 5.41) is 2.62. The number of carbonyl (C=O) groups is 1. The average Bonchev–Trinajstić information content (AvgIpc) is 3.20. The zero-order valence-corrected chi connectivity index (χ0v) is 17.9. The van der Waals surface area contributed by atoms with Crippen molar-refractivity contribution in [3.8, 4) is 5.88 Å². The number of hydrogen-bond donors (Lipinski definition) is 1. The molecule has 0 radical (unpaired) electrons. The predicted molar refractivity (Wildman–Crippen MR) is 117 cm³/mol. The number of aromatic nitrogens is 2. The molecule has 0 bridgehead atoms. The van der Waals surface area contributed by atoms with Gasteiger partial charge in [-0.3, -0.25) is 4.79 Å². The Morgan fingerprint density at radius 1 is 1.27 bits per heavy atom. The Morgan fingerprint density at radius 3 is 2.90 bits per heavy atom. The summed E-state index contributed by atoms with van der Waals surface area (Å²) in [6.45, 7) is 6.96. The number of ether oxygens (including phenoxy) is 1. The lowest BCUT2D eigenvalue weighted by atomic mass is 10.1. The SMILES string of the molecule is CNC(=O)c1ccc(N2CCc3nc(OCCCN4CCC[C@H]4C)ccc3C2)nc1. The van der Waals surface area contributed by atoms with Gasteiger partial charge in [-0.15, -0.1) is 0 Å². The van der Waals surface area contributed by atoms with Crippen LogP contribution in [0.2, 0.25) is 0 Å². The summed E-state index contributed by atoms with van der Waals surface area (Å²) in [6.07, 6.45) is 6.16. The van der Waals surface area contributed by atoms with Crippen LogP contribution in [-0.4, -0.2) is 60.1 Å². The molecule has 2 aliphatic rings. The predicted octanol–water partition coefficient (Wildman–Crippen LogP) is 2.65. The number of pyridine rings is 2. The van der Waals surface area contributed by atoms with Crippen LogP contribution >= 0.6 is 0 Å². The van der Waals surface area contributed by atoms with E-state index >= 15 is 0 Å². The van der Waals surface area contributed by atoms with E-state index in [4.69, 9.17) is 9.72 Å². The minimum atomic E-state index is -0.121. The van der Waals surface area contributed by atoms with Crippen LogP contribution in [0.3, 0.4) is 0 Å². The number of anilines is 1. The fraction of sp³-hybridized carbons (Fsp3) is 0.522. The summed E-state index contributed by atoms with van der Waals surface area (Å²) in [4.78, 5) is 25.7. The number of nitrogens with zero attached hydrogens (tertiary/aromatic N) is 4. The van der Waals surface area contributed by atoms with Gasteiger partial charge in [0.15, 0.2) is 0 Å². The van der Waals surface area contributed by atoms with Crippen LogP contribution in [0.15, 0.2) is 30.5 Å². The molecule has 0 unspecified atom stereocenters. The minimum absolute atomic E-state index is 0.121. The molecule has 2 aliphatic heterocycles. The highest BCUT2D eigenvalue weighted by atomic mass is 16.5. The smallest absolute Gasteiger partial charge is 0.252 e. The number of hydrogen-bond acceptors (Lipinski definition) is 6. The highest BCUT2D eigenvalue weighted by molar-refractivity contribution is 5.93. The van der Waals surface area contributed by atoms with Crippen molar-refractivity contribution in [2.24, 2.45) is 0 Å². The summed E-state index contributed by atoms with van der Waals surface area (Å²) in [5.41, 5.74) is 2.89. The fourth-order valence-electron chi connectivity index (χ4n) is 4.29. The quantitative estimate of drug-likeness (QED) is 0.709. The van der Waals surface area contributed by atoms with Crippen LogP contribution < -0.4 is 15.0 Å². The normalized spacial score (nSPS) is 18.9. The van der Waals surface area contributed by atoms with Crippen LogP contribution in [0.1, 0.15) is 47.8 Å². The molecule has 7 nitrogen and oxygen atoms in total. The number of fused-ring (bicyclic) bond motifs is 1. The van der Waals surface area contributed by atoms with E-state index in [0.29, 0.717) is 18.2 Å². The van der Waals surface area contributed by atoms with E-state index in [1.54, 1.807) is 13.2 Å². The molecule has 7 heteroatoms. The Balaban J connectivity index is 1.30. The Labute approximate surface area is 178 Å². The monoisotopic (exact) mass is 409 g/mol. The topological polar surface area (TPSA) is 70.6 Å². The van der Waals surface area contributed by atoms with E-state index < -0.39 is 0 Å². The molecule has 0 aliphatic carbocycles. The maximum Gasteiger partial charge on any atom is 0.252 e. The molecule has 2 aromatic heterocycles. The Kier molecular flexibility index (Phi) is 6.47. The second-order valence-electron chi connectivity index (χ2n) is 8.14. The van der Waals surface area contributed by atoms with Crippen molar-refractivity contribution in [1.29, 1.82) is 0 Å². The van der Waals surface area contributed by atoms with Crippen molar-refractivity contribution < 1.29 is 9.53 Å². The highest BCUT2D eigenvalue weighted by Crippen LogP contribution is 2.24. The molecular weight excluding hydrogens is 378 g/mol. The molecule has 1 atom stereocenters. The van der Waals surface area contributed by atoms with Gasteiger partial charge in [-0.25, -0.2) is 9.97 Å². The number of rotatable bonds is 7. The second kappa shape index (κ2) is 9.43. The summed E-state index contributed by atoms with van der Waals surface area (Å²) in [5.74, 6) is 1.49. The molecule has 4 heterocycles. The number of carbonyl (C=O) groups excluding carboxylic acids is 1. The lowest BCUT2D eigenvalue weighted by molar-refractivity contribution is 0.0962.